The van der Waals surface area contributed by atoms with E-state index in [0.29, 0.717) is 24.7 Å². The predicted octanol–water partition coefficient (Wildman–Crippen LogP) is 0.801. The topological polar surface area (TPSA) is 95.1 Å². The second-order valence-electron chi connectivity index (χ2n) is 5.07. The zero-order valence-corrected chi connectivity index (χ0v) is 11.9. The Kier molecular flexibility index (Phi) is 4.59. The van der Waals surface area contributed by atoms with E-state index in [1.807, 2.05) is 6.92 Å². The van der Waals surface area contributed by atoms with Crippen molar-refractivity contribution in [2.24, 2.45) is 5.92 Å². The van der Waals surface area contributed by atoms with Gasteiger partial charge in [-0.05, 0) is 31.6 Å². The molecular formula is C12H21N3O3S. The van der Waals surface area contributed by atoms with Gasteiger partial charge in [-0.15, -0.1) is 0 Å². The molecule has 1 heterocycles. The summed E-state index contributed by atoms with van der Waals surface area (Å²) in [7, 11) is -3.49. The van der Waals surface area contributed by atoms with Crippen LogP contribution < -0.4 is 4.72 Å². The minimum absolute atomic E-state index is 0.125. The number of aliphatic hydroxyl groups excluding tert-OH is 1. The maximum Gasteiger partial charge on any atom is 0.257 e. The van der Waals surface area contributed by atoms with E-state index in [1.54, 1.807) is 0 Å². The molecule has 3 N–H and O–H groups in total. The Balaban J connectivity index is 1.90. The molecule has 1 fully saturated rings. The number of imidazole rings is 1. The zero-order valence-electron chi connectivity index (χ0n) is 11.1. The summed E-state index contributed by atoms with van der Waals surface area (Å²) >= 11 is 0. The molecule has 0 bridgehead atoms. The Bertz CT molecular complexity index is 504. The SMILES string of the molecule is CCc1ncc(S(=O)(=O)NCC2CCC(O)CC2)[nH]1. The fourth-order valence-electron chi connectivity index (χ4n) is 2.31. The third kappa shape index (κ3) is 3.77. The molecule has 108 valence electrons. The van der Waals surface area contributed by atoms with Gasteiger partial charge in [-0.1, -0.05) is 6.92 Å². The summed E-state index contributed by atoms with van der Waals surface area (Å²) in [6.45, 7) is 2.34. The second-order valence-corrected chi connectivity index (χ2v) is 6.81. The molecule has 1 aromatic rings. The number of aromatic amines is 1. The van der Waals surface area contributed by atoms with Crippen molar-refractivity contribution in [1.82, 2.24) is 14.7 Å². The Morgan fingerprint density at radius 3 is 2.68 bits per heavy atom. The van der Waals surface area contributed by atoms with Gasteiger partial charge in [0.05, 0.1) is 12.3 Å². The summed E-state index contributed by atoms with van der Waals surface area (Å²) in [5.74, 6) is 0.980. The summed E-state index contributed by atoms with van der Waals surface area (Å²) < 4.78 is 26.7. The minimum Gasteiger partial charge on any atom is -0.393 e. The molecule has 0 aromatic carbocycles. The number of nitrogens with zero attached hydrogens (tertiary/aromatic N) is 1. The quantitative estimate of drug-likeness (QED) is 0.746. The fraction of sp³-hybridized carbons (Fsp3) is 0.750. The monoisotopic (exact) mass is 287 g/mol. The summed E-state index contributed by atoms with van der Waals surface area (Å²) in [4.78, 5) is 6.79. The molecule has 2 rings (SSSR count). The maximum atomic E-state index is 12.0. The van der Waals surface area contributed by atoms with Gasteiger partial charge in [-0.25, -0.2) is 18.1 Å². The molecule has 0 atom stereocenters. The number of hydrogen-bond donors (Lipinski definition) is 3. The van der Waals surface area contributed by atoms with Crippen LogP contribution >= 0.6 is 0 Å². The predicted molar refractivity (Wildman–Crippen MR) is 71.1 cm³/mol. The van der Waals surface area contributed by atoms with Gasteiger partial charge in [0, 0.05) is 13.0 Å². The van der Waals surface area contributed by atoms with Crippen molar-refractivity contribution < 1.29 is 13.5 Å². The van der Waals surface area contributed by atoms with Gasteiger partial charge in [-0.2, -0.15) is 0 Å². The molecule has 1 saturated carbocycles. The van der Waals surface area contributed by atoms with Gasteiger partial charge >= 0.3 is 0 Å². The third-order valence-corrected chi connectivity index (χ3v) is 4.94. The number of sulfonamides is 1. The molecule has 0 spiro atoms. The number of rotatable bonds is 5. The molecule has 0 radical (unpaired) electrons. The van der Waals surface area contributed by atoms with Gasteiger partial charge in [0.2, 0.25) is 0 Å². The van der Waals surface area contributed by atoms with Crippen LogP contribution in [0.15, 0.2) is 11.2 Å². The van der Waals surface area contributed by atoms with Crippen LogP contribution in [0.5, 0.6) is 0 Å². The van der Waals surface area contributed by atoms with E-state index in [9.17, 15) is 13.5 Å². The van der Waals surface area contributed by atoms with E-state index in [0.717, 1.165) is 25.7 Å². The van der Waals surface area contributed by atoms with Gasteiger partial charge < -0.3 is 10.1 Å². The van der Waals surface area contributed by atoms with Gasteiger partial charge in [0.15, 0.2) is 5.03 Å². The average molecular weight is 287 g/mol. The highest BCUT2D eigenvalue weighted by atomic mass is 32.2. The molecule has 1 aliphatic rings. The number of nitrogens with one attached hydrogen (secondary N) is 2. The molecular weight excluding hydrogens is 266 g/mol. The summed E-state index contributed by atoms with van der Waals surface area (Å²) in [6, 6.07) is 0. The second kappa shape index (κ2) is 6.02. The molecule has 6 nitrogen and oxygen atoms in total. The molecule has 0 amide bonds. The Morgan fingerprint density at radius 2 is 2.11 bits per heavy atom. The van der Waals surface area contributed by atoms with Crippen molar-refractivity contribution in [2.75, 3.05) is 6.54 Å². The van der Waals surface area contributed by atoms with Gasteiger partial charge in [-0.3, -0.25) is 0 Å². The highest BCUT2D eigenvalue weighted by Crippen LogP contribution is 2.23. The first-order chi connectivity index (χ1) is 9.01. The fourth-order valence-corrected chi connectivity index (χ4v) is 3.37. The van der Waals surface area contributed by atoms with Crippen LogP contribution in [0, 0.1) is 5.92 Å². The van der Waals surface area contributed by atoms with Crippen molar-refractivity contribution in [3.05, 3.63) is 12.0 Å². The van der Waals surface area contributed by atoms with Crippen LogP contribution in [0.1, 0.15) is 38.4 Å². The van der Waals surface area contributed by atoms with Crippen molar-refractivity contribution in [1.29, 1.82) is 0 Å². The summed E-state index contributed by atoms with van der Waals surface area (Å²) in [5.41, 5.74) is 0. The largest absolute Gasteiger partial charge is 0.393 e. The highest BCUT2D eigenvalue weighted by Gasteiger charge is 2.22. The lowest BCUT2D eigenvalue weighted by molar-refractivity contribution is 0.109. The highest BCUT2D eigenvalue weighted by molar-refractivity contribution is 7.89. The first kappa shape index (κ1) is 14.5. The lowest BCUT2D eigenvalue weighted by Crippen LogP contribution is -2.32. The van der Waals surface area contributed by atoms with Crippen LogP contribution in [-0.2, 0) is 16.4 Å². The molecule has 0 saturated heterocycles. The number of aliphatic hydroxyl groups is 1. The van der Waals surface area contributed by atoms with Crippen LogP contribution in [-0.4, -0.2) is 36.1 Å². The average Bonchev–Trinajstić information content (AvgIpc) is 2.88. The molecule has 1 aromatic heterocycles. The number of hydrogen-bond acceptors (Lipinski definition) is 4. The molecule has 7 heteroatoms. The minimum atomic E-state index is -3.49. The van der Waals surface area contributed by atoms with Crippen LogP contribution in [0.25, 0.3) is 0 Å². The van der Waals surface area contributed by atoms with Gasteiger partial charge in [0.25, 0.3) is 10.0 Å². The van der Waals surface area contributed by atoms with Crippen molar-refractivity contribution in [3.63, 3.8) is 0 Å². The van der Waals surface area contributed by atoms with E-state index in [4.69, 9.17) is 0 Å². The zero-order chi connectivity index (χ0) is 13.9. The Labute approximate surface area is 113 Å². The summed E-state index contributed by atoms with van der Waals surface area (Å²) in [6.07, 6.45) is 5.07. The summed E-state index contributed by atoms with van der Waals surface area (Å²) in [5, 5.41) is 9.54. The van der Waals surface area contributed by atoms with Crippen LogP contribution in [0.2, 0.25) is 0 Å². The third-order valence-electron chi connectivity index (χ3n) is 3.61. The van der Waals surface area contributed by atoms with E-state index in [-0.39, 0.29) is 11.1 Å². The number of H-pyrrole nitrogens is 1. The van der Waals surface area contributed by atoms with Crippen LogP contribution in [0.3, 0.4) is 0 Å². The van der Waals surface area contributed by atoms with E-state index in [1.165, 1.54) is 6.20 Å². The Morgan fingerprint density at radius 1 is 1.42 bits per heavy atom. The van der Waals surface area contributed by atoms with Crippen molar-refractivity contribution in [3.8, 4) is 0 Å². The van der Waals surface area contributed by atoms with Gasteiger partial charge in [0.1, 0.15) is 5.82 Å². The Hall–Kier alpha value is -0.920. The molecule has 19 heavy (non-hydrogen) atoms. The smallest absolute Gasteiger partial charge is 0.257 e. The van der Waals surface area contributed by atoms with Crippen LogP contribution in [0.4, 0.5) is 0 Å². The maximum absolute atomic E-state index is 12.0. The van der Waals surface area contributed by atoms with Crippen molar-refractivity contribution in [2.45, 2.75) is 50.2 Å². The number of aryl methyl sites for hydroxylation is 1. The lowest BCUT2D eigenvalue weighted by Gasteiger charge is -2.25. The number of aromatic nitrogens is 2. The lowest BCUT2D eigenvalue weighted by atomic mass is 9.88. The normalized spacial score (nSPS) is 24.5. The van der Waals surface area contributed by atoms with Crippen molar-refractivity contribution >= 4 is 10.0 Å². The van der Waals surface area contributed by atoms with E-state index in [2.05, 4.69) is 14.7 Å². The first-order valence-electron chi connectivity index (χ1n) is 6.73. The molecule has 1 aliphatic carbocycles. The van der Waals surface area contributed by atoms with E-state index >= 15 is 0 Å². The molecule has 0 aliphatic heterocycles. The van der Waals surface area contributed by atoms with E-state index < -0.39 is 10.0 Å². The standard InChI is InChI=1S/C12H21N3O3S/c1-2-11-13-8-12(15-11)19(17,18)14-7-9-3-5-10(16)6-4-9/h8-10,14,16H,2-7H2,1H3,(H,13,15). The molecule has 0 unspecified atom stereocenters. The first-order valence-corrected chi connectivity index (χ1v) is 8.21.